The summed E-state index contributed by atoms with van der Waals surface area (Å²) in [5.41, 5.74) is 4.01. The number of aromatic nitrogens is 1. The number of benzene rings is 2. The zero-order valence-corrected chi connectivity index (χ0v) is 16.5. The number of hydrogen-bond acceptors (Lipinski definition) is 5. The first-order chi connectivity index (χ1) is 14.1. The average molecular weight is 408 g/mol. The van der Waals surface area contributed by atoms with Crippen LogP contribution in [-0.2, 0) is 16.1 Å². The maximum absolute atomic E-state index is 13.0. The molecule has 0 N–H and O–H groups in total. The topological polar surface area (TPSA) is 65.5 Å². The average Bonchev–Trinajstić information content (AvgIpc) is 2.77. The third-order valence-electron chi connectivity index (χ3n) is 5.04. The Morgan fingerprint density at radius 1 is 1.17 bits per heavy atom. The van der Waals surface area contributed by atoms with E-state index < -0.39 is 11.9 Å². The van der Waals surface area contributed by atoms with Crippen molar-refractivity contribution in [2.45, 2.75) is 18.9 Å². The van der Waals surface area contributed by atoms with Gasteiger partial charge in [-0.15, -0.1) is 0 Å². The highest BCUT2D eigenvalue weighted by atomic mass is 35.5. The molecule has 2 aromatic carbocycles. The Morgan fingerprint density at radius 3 is 2.79 bits per heavy atom. The highest BCUT2D eigenvalue weighted by Crippen LogP contribution is 2.38. The fourth-order valence-electron chi connectivity index (χ4n) is 3.52. The standard InChI is InChI=1S/C23H18ClNO4/c1-28-23(27)19(17-4-2-3-5-20(17)24)11-21(26)14-6-7-18-16-8-9-25-12-15(16)13-29-22(18)10-14/h2-10,12,19H,11,13H2,1H3/t19-/m0/s1. The molecule has 2 heterocycles. The molecule has 0 spiro atoms. The molecule has 6 heteroatoms. The normalized spacial score (nSPS) is 12.9. The van der Waals surface area contributed by atoms with Crippen LogP contribution in [0.5, 0.6) is 5.75 Å². The van der Waals surface area contributed by atoms with E-state index in [1.165, 1.54) is 7.11 Å². The zero-order valence-electron chi connectivity index (χ0n) is 15.7. The third-order valence-corrected chi connectivity index (χ3v) is 5.38. The second-order valence-electron chi connectivity index (χ2n) is 6.76. The lowest BCUT2D eigenvalue weighted by Gasteiger charge is -2.21. The predicted molar refractivity (Wildman–Crippen MR) is 109 cm³/mol. The molecule has 29 heavy (non-hydrogen) atoms. The summed E-state index contributed by atoms with van der Waals surface area (Å²) in [7, 11) is 1.30. The van der Waals surface area contributed by atoms with Gasteiger partial charge in [0.25, 0.3) is 0 Å². The molecule has 1 aromatic heterocycles. The van der Waals surface area contributed by atoms with Crippen molar-refractivity contribution in [3.63, 3.8) is 0 Å². The van der Waals surface area contributed by atoms with Crippen LogP contribution in [0.1, 0.15) is 33.8 Å². The van der Waals surface area contributed by atoms with Gasteiger partial charge in [0.2, 0.25) is 0 Å². The summed E-state index contributed by atoms with van der Waals surface area (Å²) in [5, 5.41) is 0.426. The molecule has 4 rings (SSSR count). The molecule has 0 aliphatic carbocycles. The summed E-state index contributed by atoms with van der Waals surface area (Å²) in [6.45, 7) is 0.401. The first kappa shape index (κ1) is 19.2. The van der Waals surface area contributed by atoms with E-state index in [0.717, 1.165) is 16.7 Å². The van der Waals surface area contributed by atoms with Crippen LogP contribution >= 0.6 is 11.6 Å². The lowest BCUT2D eigenvalue weighted by molar-refractivity contribution is -0.142. The van der Waals surface area contributed by atoms with Gasteiger partial charge in [-0.2, -0.15) is 0 Å². The highest BCUT2D eigenvalue weighted by Gasteiger charge is 2.28. The van der Waals surface area contributed by atoms with Gasteiger partial charge in [0.05, 0.1) is 13.0 Å². The fraction of sp³-hybridized carbons (Fsp3) is 0.174. The number of esters is 1. The Hall–Kier alpha value is -3.18. The fourth-order valence-corrected chi connectivity index (χ4v) is 3.79. The van der Waals surface area contributed by atoms with E-state index in [-0.39, 0.29) is 12.2 Å². The highest BCUT2D eigenvalue weighted by molar-refractivity contribution is 6.31. The molecule has 0 saturated carbocycles. The number of halogens is 1. The maximum atomic E-state index is 13.0. The second kappa shape index (κ2) is 8.05. The lowest BCUT2D eigenvalue weighted by Crippen LogP contribution is -2.19. The monoisotopic (exact) mass is 407 g/mol. The van der Waals surface area contributed by atoms with Crippen molar-refractivity contribution in [3.05, 3.63) is 82.6 Å². The van der Waals surface area contributed by atoms with Crippen molar-refractivity contribution >= 4 is 23.4 Å². The Morgan fingerprint density at radius 2 is 2.00 bits per heavy atom. The molecular formula is C23H18ClNO4. The van der Waals surface area contributed by atoms with Gasteiger partial charge in [-0.25, -0.2) is 0 Å². The number of carbonyl (C=O) groups excluding carboxylic acids is 2. The summed E-state index contributed by atoms with van der Waals surface area (Å²) >= 11 is 6.25. The van der Waals surface area contributed by atoms with Gasteiger partial charge < -0.3 is 9.47 Å². The molecule has 5 nitrogen and oxygen atoms in total. The van der Waals surface area contributed by atoms with Crippen LogP contribution in [0.4, 0.5) is 0 Å². The maximum Gasteiger partial charge on any atom is 0.313 e. The lowest BCUT2D eigenvalue weighted by atomic mass is 9.90. The van der Waals surface area contributed by atoms with E-state index in [1.807, 2.05) is 12.1 Å². The number of carbonyl (C=O) groups is 2. The van der Waals surface area contributed by atoms with Gasteiger partial charge >= 0.3 is 5.97 Å². The van der Waals surface area contributed by atoms with E-state index in [0.29, 0.717) is 28.5 Å². The molecule has 3 aromatic rings. The van der Waals surface area contributed by atoms with Crippen LogP contribution in [0.15, 0.2) is 60.9 Å². The molecule has 0 unspecified atom stereocenters. The minimum atomic E-state index is -0.773. The van der Waals surface area contributed by atoms with Gasteiger partial charge in [0, 0.05) is 40.5 Å². The van der Waals surface area contributed by atoms with Crippen molar-refractivity contribution in [1.29, 1.82) is 0 Å². The van der Waals surface area contributed by atoms with Crippen LogP contribution < -0.4 is 4.74 Å². The first-order valence-electron chi connectivity index (χ1n) is 9.14. The van der Waals surface area contributed by atoms with Gasteiger partial charge in [-0.3, -0.25) is 14.6 Å². The summed E-state index contributed by atoms with van der Waals surface area (Å²) in [5.74, 6) is -0.818. The number of fused-ring (bicyclic) bond motifs is 3. The Bertz CT molecular complexity index is 1100. The van der Waals surface area contributed by atoms with Crippen molar-refractivity contribution in [3.8, 4) is 16.9 Å². The number of hydrogen-bond donors (Lipinski definition) is 0. The molecule has 1 atom stereocenters. The van der Waals surface area contributed by atoms with Gasteiger partial charge in [0.1, 0.15) is 12.4 Å². The molecule has 0 radical (unpaired) electrons. The van der Waals surface area contributed by atoms with E-state index in [1.54, 1.807) is 48.8 Å². The van der Waals surface area contributed by atoms with E-state index in [2.05, 4.69) is 4.98 Å². The number of ketones is 1. The molecule has 0 saturated heterocycles. The second-order valence-corrected chi connectivity index (χ2v) is 7.16. The summed E-state index contributed by atoms with van der Waals surface area (Å²) in [4.78, 5) is 29.4. The number of nitrogens with zero attached hydrogens (tertiary/aromatic N) is 1. The van der Waals surface area contributed by atoms with Crippen LogP contribution in [-0.4, -0.2) is 23.8 Å². The molecular weight excluding hydrogens is 390 g/mol. The largest absolute Gasteiger partial charge is 0.488 e. The molecule has 0 amide bonds. The zero-order chi connectivity index (χ0) is 20.4. The number of methoxy groups -OCH3 is 1. The summed E-state index contributed by atoms with van der Waals surface area (Å²) < 4.78 is 10.7. The molecule has 0 fully saturated rings. The number of Topliss-reactive ketones (excluding diaryl/α,β-unsaturated/α-hetero) is 1. The number of ether oxygens (including phenoxy) is 2. The van der Waals surface area contributed by atoms with Gasteiger partial charge in [-0.1, -0.05) is 35.9 Å². The minimum Gasteiger partial charge on any atom is -0.488 e. The number of rotatable bonds is 5. The van der Waals surface area contributed by atoms with Crippen molar-refractivity contribution in [1.82, 2.24) is 4.98 Å². The van der Waals surface area contributed by atoms with Crippen molar-refractivity contribution < 1.29 is 19.1 Å². The van der Waals surface area contributed by atoms with Gasteiger partial charge in [-0.05, 0) is 35.4 Å². The molecule has 146 valence electrons. The van der Waals surface area contributed by atoms with Crippen LogP contribution in [0.25, 0.3) is 11.1 Å². The Labute approximate surface area is 173 Å². The molecule has 0 bridgehead atoms. The molecule has 1 aliphatic rings. The SMILES string of the molecule is COC(=O)[C@@H](CC(=O)c1ccc2c(c1)OCc1cnccc1-2)c1ccccc1Cl. The smallest absolute Gasteiger partial charge is 0.313 e. The minimum absolute atomic E-state index is 0.0459. The third kappa shape index (κ3) is 3.74. The van der Waals surface area contributed by atoms with E-state index in [9.17, 15) is 9.59 Å². The summed E-state index contributed by atoms with van der Waals surface area (Å²) in [6.07, 6.45) is 3.47. The number of pyridine rings is 1. The first-order valence-corrected chi connectivity index (χ1v) is 9.52. The van der Waals surface area contributed by atoms with Crippen molar-refractivity contribution in [2.24, 2.45) is 0 Å². The molecule has 1 aliphatic heterocycles. The van der Waals surface area contributed by atoms with E-state index in [4.69, 9.17) is 21.1 Å². The Kier molecular flexibility index (Phi) is 5.32. The Balaban J connectivity index is 1.63. The quantitative estimate of drug-likeness (QED) is 0.448. The van der Waals surface area contributed by atoms with E-state index >= 15 is 0 Å². The van der Waals surface area contributed by atoms with Gasteiger partial charge in [0.15, 0.2) is 5.78 Å². The van der Waals surface area contributed by atoms with Crippen LogP contribution in [0.2, 0.25) is 5.02 Å². The van der Waals surface area contributed by atoms with Crippen LogP contribution in [0, 0.1) is 0 Å². The van der Waals surface area contributed by atoms with Crippen molar-refractivity contribution in [2.75, 3.05) is 7.11 Å². The summed E-state index contributed by atoms with van der Waals surface area (Å²) in [6, 6.07) is 14.3. The predicted octanol–water partition coefficient (Wildman–Crippen LogP) is 4.82. The van der Waals surface area contributed by atoms with Crippen LogP contribution in [0.3, 0.4) is 0 Å².